The minimum absolute atomic E-state index is 0.173. The highest BCUT2D eigenvalue weighted by molar-refractivity contribution is 7.17. The first-order valence-electron chi connectivity index (χ1n) is 7.42. The molecule has 0 spiro atoms. The number of aromatic nitrogens is 1. The molecule has 0 aliphatic carbocycles. The summed E-state index contributed by atoms with van der Waals surface area (Å²) in [6, 6.07) is 8.90. The van der Waals surface area contributed by atoms with Crippen LogP contribution in [0.1, 0.15) is 5.56 Å². The molecule has 0 saturated carbocycles. The Balaban J connectivity index is 1.68. The molecular formula is C17H12Cl2N2O3S. The van der Waals surface area contributed by atoms with Gasteiger partial charge >= 0.3 is 0 Å². The van der Waals surface area contributed by atoms with Crippen LogP contribution in [0.15, 0.2) is 35.3 Å². The molecule has 0 fully saturated rings. The number of amides is 1. The van der Waals surface area contributed by atoms with Crippen molar-refractivity contribution in [3.8, 4) is 11.5 Å². The van der Waals surface area contributed by atoms with E-state index < -0.39 is 0 Å². The van der Waals surface area contributed by atoms with Crippen molar-refractivity contribution < 1.29 is 14.3 Å². The van der Waals surface area contributed by atoms with Gasteiger partial charge in [0, 0.05) is 7.05 Å². The molecule has 2 heterocycles. The maximum atomic E-state index is 12.4. The summed E-state index contributed by atoms with van der Waals surface area (Å²) >= 11 is 13.8. The van der Waals surface area contributed by atoms with Gasteiger partial charge in [-0.3, -0.25) is 4.79 Å². The van der Waals surface area contributed by atoms with Crippen LogP contribution in [0, 0.1) is 0 Å². The third-order valence-electron chi connectivity index (χ3n) is 3.86. The number of carbonyl (C=O) groups is 1. The second kappa shape index (κ2) is 6.37. The van der Waals surface area contributed by atoms with Gasteiger partial charge in [-0.1, -0.05) is 40.6 Å². The van der Waals surface area contributed by atoms with Crippen molar-refractivity contribution in [1.82, 2.24) is 4.57 Å². The van der Waals surface area contributed by atoms with Gasteiger partial charge in [0.05, 0.1) is 26.7 Å². The van der Waals surface area contributed by atoms with Crippen LogP contribution in [0.5, 0.6) is 11.5 Å². The Labute approximate surface area is 157 Å². The van der Waals surface area contributed by atoms with E-state index in [1.54, 1.807) is 28.8 Å². The van der Waals surface area contributed by atoms with Gasteiger partial charge in [0.15, 0.2) is 16.3 Å². The first kappa shape index (κ1) is 16.4. The molecule has 0 bridgehead atoms. The average Bonchev–Trinajstić information content (AvgIpc) is 3.16. The molecule has 128 valence electrons. The predicted octanol–water partition coefficient (Wildman–Crippen LogP) is 3.95. The van der Waals surface area contributed by atoms with Gasteiger partial charge in [-0.25, -0.2) is 0 Å². The van der Waals surface area contributed by atoms with Gasteiger partial charge < -0.3 is 14.0 Å². The van der Waals surface area contributed by atoms with E-state index in [0.29, 0.717) is 26.3 Å². The van der Waals surface area contributed by atoms with Crippen LogP contribution in [0.25, 0.3) is 10.2 Å². The fourth-order valence-electron chi connectivity index (χ4n) is 2.66. The number of aryl methyl sites for hydroxylation is 1. The summed E-state index contributed by atoms with van der Waals surface area (Å²) in [6.45, 7) is 0.205. The van der Waals surface area contributed by atoms with Crippen molar-refractivity contribution in [1.29, 1.82) is 0 Å². The Bertz CT molecular complexity index is 1070. The highest BCUT2D eigenvalue weighted by atomic mass is 35.5. The van der Waals surface area contributed by atoms with Crippen molar-refractivity contribution in [3.05, 3.63) is 50.7 Å². The molecule has 0 saturated heterocycles. The van der Waals surface area contributed by atoms with Crippen LogP contribution < -0.4 is 14.3 Å². The highest BCUT2D eigenvalue weighted by Gasteiger charge is 2.15. The summed E-state index contributed by atoms with van der Waals surface area (Å²) in [5.41, 5.74) is 1.59. The number of hydrogen-bond acceptors (Lipinski definition) is 4. The van der Waals surface area contributed by atoms with Crippen molar-refractivity contribution in [2.75, 3.05) is 6.79 Å². The Kier molecular flexibility index (Phi) is 4.19. The molecule has 5 nitrogen and oxygen atoms in total. The molecular weight excluding hydrogens is 383 g/mol. The molecule has 1 aliphatic heterocycles. The van der Waals surface area contributed by atoms with Gasteiger partial charge in [-0.2, -0.15) is 4.99 Å². The minimum Gasteiger partial charge on any atom is -0.454 e. The molecule has 3 aromatic rings. The number of thiazole rings is 1. The fraction of sp³-hybridized carbons (Fsp3) is 0.176. The van der Waals surface area contributed by atoms with E-state index in [4.69, 9.17) is 32.7 Å². The van der Waals surface area contributed by atoms with E-state index in [1.807, 2.05) is 13.1 Å². The first-order valence-corrected chi connectivity index (χ1v) is 9.00. The van der Waals surface area contributed by atoms with Crippen LogP contribution in [-0.4, -0.2) is 17.3 Å². The van der Waals surface area contributed by atoms with Crippen molar-refractivity contribution >= 4 is 50.7 Å². The number of ether oxygens (including phenoxy) is 2. The second-order valence-corrected chi connectivity index (χ2v) is 7.31. The summed E-state index contributed by atoms with van der Waals surface area (Å²) < 4.78 is 13.2. The lowest BCUT2D eigenvalue weighted by Crippen LogP contribution is -2.14. The summed E-state index contributed by atoms with van der Waals surface area (Å²) in [5, 5.41) is 1.16. The van der Waals surface area contributed by atoms with E-state index in [2.05, 4.69) is 4.99 Å². The van der Waals surface area contributed by atoms with E-state index in [0.717, 1.165) is 15.8 Å². The topological polar surface area (TPSA) is 52.8 Å². The lowest BCUT2D eigenvalue weighted by atomic mass is 10.1. The summed E-state index contributed by atoms with van der Waals surface area (Å²) in [4.78, 5) is 17.1. The lowest BCUT2D eigenvalue weighted by molar-refractivity contribution is -0.117. The second-order valence-electron chi connectivity index (χ2n) is 5.52. The summed E-state index contributed by atoms with van der Waals surface area (Å²) in [6.07, 6.45) is 0.173. The molecule has 8 heteroatoms. The SMILES string of the molecule is Cn1c(=NC(=O)Cc2ccc3c(c2)OCO3)sc2c(Cl)ccc(Cl)c21. The standard InChI is InChI=1S/C17H12Cl2N2O3S/c1-21-15-10(18)3-4-11(19)16(15)25-17(21)20-14(22)7-9-2-5-12-13(6-9)24-8-23-12/h2-6H,7-8H2,1H3. The first-order chi connectivity index (χ1) is 12.0. The van der Waals surface area contributed by atoms with Gasteiger partial charge in [0.1, 0.15) is 0 Å². The summed E-state index contributed by atoms with van der Waals surface area (Å²) in [5.74, 6) is 1.08. The quantitative estimate of drug-likeness (QED) is 0.661. The van der Waals surface area contributed by atoms with E-state index >= 15 is 0 Å². The van der Waals surface area contributed by atoms with E-state index in [1.165, 1.54) is 11.3 Å². The number of benzene rings is 2. The van der Waals surface area contributed by atoms with Crippen LogP contribution in [-0.2, 0) is 18.3 Å². The molecule has 4 rings (SSSR count). The smallest absolute Gasteiger partial charge is 0.252 e. The average molecular weight is 395 g/mol. The minimum atomic E-state index is -0.256. The number of carbonyl (C=O) groups excluding carboxylic acids is 1. The predicted molar refractivity (Wildman–Crippen MR) is 97.7 cm³/mol. The van der Waals surface area contributed by atoms with Crippen LogP contribution in [0.4, 0.5) is 0 Å². The zero-order chi connectivity index (χ0) is 17.6. The number of halogens is 2. The largest absolute Gasteiger partial charge is 0.454 e. The monoisotopic (exact) mass is 394 g/mol. The molecule has 25 heavy (non-hydrogen) atoms. The number of hydrogen-bond donors (Lipinski definition) is 0. The van der Waals surface area contributed by atoms with Gasteiger partial charge in [-0.05, 0) is 29.8 Å². The van der Waals surface area contributed by atoms with Crippen LogP contribution >= 0.6 is 34.5 Å². The van der Waals surface area contributed by atoms with Crippen molar-refractivity contribution in [2.45, 2.75) is 6.42 Å². The number of fused-ring (bicyclic) bond motifs is 2. The zero-order valence-corrected chi connectivity index (χ0v) is 15.4. The van der Waals surface area contributed by atoms with E-state index in [-0.39, 0.29) is 19.1 Å². The molecule has 0 radical (unpaired) electrons. The molecule has 1 aliphatic rings. The zero-order valence-electron chi connectivity index (χ0n) is 13.1. The molecule has 1 aromatic heterocycles. The molecule has 0 atom stereocenters. The Morgan fingerprint density at radius 3 is 2.76 bits per heavy atom. The molecule has 0 unspecified atom stereocenters. The van der Waals surface area contributed by atoms with Crippen molar-refractivity contribution in [2.24, 2.45) is 12.0 Å². The highest BCUT2D eigenvalue weighted by Crippen LogP contribution is 2.33. The van der Waals surface area contributed by atoms with Gasteiger partial charge in [-0.15, -0.1) is 0 Å². The Hall–Kier alpha value is -2.02. The maximum Gasteiger partial charge on any atom is 0.252 e. The summed E-state index contributed by atoms with van der Waals surface area (Å²) in [7, 11) is 1.81. The van der Waals surface area contributed by atoms with Crippen LogP contribution in [0.3, 0.4) is 0 Å². The Morgan fingerprint density at radius 1 is 1.20 bits per heavy atom. The number of nitrogens with zero attached hydrogens (tertiary/aromatic N) is 2. The molecule has 1 amide bonds. The third-order valence-corrected chi connectivity index (χ3v) is 5.76. The van der Waals surface area contributed by atoms with Crippen LogP contribution in [0.2, 0.25) is 10.0 Å². The van der Waals surface area contributed by atoms with E-state index in [9.17, 15) is 4.79 Å². The lowest BCUT2D eigenvalue weighted by Gasteiger charge is -2.00. The number of rotatable bonds is 2. The van der Waals surface area contributed by atoms with Gasteiger partial charge in [0.2, 0.25) is 6.79 Å². The van der Waals surface area contributed by atoms with Crippen molar-refractivity contribution in [3.63, 3.8) is 0 Å². The molecule has 2 aromatic carbocycles. The third kappa shape index (κ3) is 3.01. The maximum absolute atomic E-state index is 12.4. The normalized spacial score (nSPS) is 13.6. The fourth-order valence-corrected chi connectivity index (χ4v) is 4.33. The van der Waals surface area contributed by atoms with Gasteiger partial charge in [0.25, 0.3) is 5.91 Å². The Morgan fingerprint density at radius 2 is 1.96 bits per heavy atom. The molecule has 0 N–H and O–H groups in total.